The molecular formula is C25H29N5O2. The van der Waals surface area contributed by atoms with E-state index in [4.69, 9.17) is 0 Å². The molecule has 1 saturated heterocycles. The number of likely N-dealkylation sites (tertiary alicyclic amines) is 1. The van der Waals surface area contributed by atoms with Crippen molar-refractivity contribution >= 4 is 11.7 Å². The van der Waals surface area contributed by atoms with Gasteiger partial charge in [-0.1, -0.05) is 36.4 Å². The quantitative estimate of drug-likeness (QED) is 0.661. The molecule has 3 aromatic rings. The topological polar surface area (TPSA) is 83.3 Å². The van der Waals surface area contributed by atoms with E-state index < -0.39 is 5.60 Å². The molecule has 1 aromatic carbocycles. The van der Waals surface area contributed by atoms with Crippen LogP contribution in [0.15, 0.2) is 60.9 Å². The van der Waals surface area contributed by atoms with Gasteiger partial charge < -0.3 is 15.3 Å². The first-order chi connectivity index (χ1) is 15.4. The van der Waals surface area contributed by atoms with Crippen molar-refractivity contribution in [1.29, 1.82) is 0 Å². The highest BCUT2D eigenvalue weighted by molar-refractivity contribution is 5.99. The predicted molar refractivity (Wildman–Crippen MR) is 122 cm³/mol. The van der Waals surface area contributed by atoms with Crippen LogP contribution in [0.1, 0.15) is 60.8 Å². The zero-order valence-electron chi connectivity index (χ0n) is 18.5. The highest BCUT2D eigenvalue weighted by Gasteiger charge is 2.40. The van der Waals surface area contributed by atoms with Crippen LogP contribution in [0.25, 0.3) is 0 Å². The van der Waals surface area contributed by atoms with Crippen molar-refractivity contribution in [2.75, 3.05) is 18.4 Å². The number of nitrogens with one attached hydrogen (secondary N) is 1. The van der Waals surface area contributed by atoms with E-state index in [1.54, 1.807) is 12.4 Å². The van der Waals surface area contributed by atoms with Crippen molar-refractivity contribution in [2.24, 2.45) is 0 Å². The largest absolute Gasteiger partial charge is 0.385 e. The summed E-state index contributed by atoms with van der Waals surface area (Å²) in [7, 11) is 0. The molecule has 166 valence electrons. The summed E-state index contributed by atoms with van der Waals surface area (Å²) < 4.78 is 1.92. The van der Waals surface area contributed by atoms with Gasteiger partial charge in [0.15, 0.2) is 0 Å². The fourth-order valence-corrected chi connectivity index (χ4v) is 4.95. The molecular weight excluding hydrogens is 402 g/mol. The first-order valence-electron chi connectivity index (χ1n) is 11.2. The molecule has 0 bridgehead atoms. The summed E-state index contributed by atoms with van der Waals surface area (Å²) in [4.78, 5) is 19.8. The van der Waals surface area contributed by atoms with Gasteiger partial charge in [0, 0.05) is 19.3 Å². The number of nitrogens with zero attached hydrogens (tertiary/aromatic N) is 4. The summed E-state index contributed by atoms with van der Waals surface area (Å²) in [6, 6.07) is 15.6. The second-order valence-electron chi connectivity index (χ2n) is 9.48. The van der Waals surface area contributed by atoms with Crippen molar-refractivity contribution in [1.82, 2.24) is 19.7 Å². The van der Waals surface area contributed by atoms with Gasteiger partial charge >= 0.3 is 0 Å². The number of benzene rings is 1. The van der Waals surface area contributed by atoms with Gasteiger partial charge in [-0.3, -0.25) is 9.78 Å². The van der Waals surface area contributed by atoms with E-state index in [-0.39, 0.29) is 17.5 Å². The van der Waals surface area contributed by atoms with Gasteiger partial charge in [0.2, 0.25) is 0 Å². The molecule has 7 heteroatoms. The lowest BCUT2D eigenvalue weighted by atomic mass is 9.84. The molecule has 2 aliphatic heterocycles. The van der Waals surface area contributed by atoms with Crippen LogP contribution >= 0.6 is 0 Å². The third-order valence-corrected chi connectivity index (χ3v) is 6.82. The highest BCUT2D eigenvalue weighted by Crippen LogP contribution is 2.40. The van der Waals surface area contributed by atoms with Crippen LogP contribution in [0.3, 0.4) is 0 Å². The fourth-order valence-electron chi connectivity index (χ4n) is 4.95. The van der Waals surface area contributed by atoms with Gasteiger partial charge in [-0.05, 0) is 50.8 Å². The molecule has 4 heterocycles. The summed E-state index contributed by atoms with van der Waals surface area (Å²) in [5, 5.41) is 19.2. The Balaban J connectivity index is 1.37. The first-order valence-corrected chi connectivity index (χ1v) is 11.2. The number of hydrogen-bond acceptors (Lipinski definition) is 5. The van der Waals surface area contributed by atoms with E-state index in [9.17, 15) is 9.90 Å². The van der Waals surface area contributed by atoms with E-state index in [0.717, 1.165) is 23.5 Å². The number of fused-ring (bicyclic) bond motifs is 1. The van der Waals surface area contributed by atoms with E-state index in [1.165, 1.54) is 0 Å². The van der Waals surface area contributed by atoms with Crippen LogP contribution in [-0.2, 0) is 11.1 Å². The normalized spacial score (nSPS) is 21.5. The van der Waals surface area contributed by atoms with Crippen LogP contribution < -0.4 is 5.32 Å². The van der Waals surface area contributed by atoms with Gasteiger partial charge in [0.1, 0.15) is 11.4 Å². The number of aliphatic hydroxyl groups is 1. The molecule has 0 radical (unpaired) electrons. The molecule has 7 nitrogen and oxygen atoms in total. The second kappa shape index (κ2) is 7.74. The Labute approximate surface area is 188 Å². The predicted octanol–water partition coefficient (Wildman–Crippen LogP) is 3.69. The summed E-state index contributed by atoms with van der Waals surface area (Å²) in [5.74, 6) is 0.692. The number of pyridine rings is 1. The molecule has 0 aliphatic carbocycles. The number of rotatable bonds is 3. The van der Waals surface area contributed by atoms with E-state index in [0.29, 0.717) is 31.5 Å². The van der Waals surface area contributed by atoms with Crippen molar-refractivity contribution in [3.63, 3.8) is 0 Å². The summed E-state index contributed by atoms with van der Waals surface area (Å²) in [6.07, 6.45) is 5.32. The van der Waals surface area contributed by atoms with Crippen molar-refractivity contribution in [2.45, 2.75) is 50.3 Å². The number of hydrogen-bond donors (Lipinski definition) is 2. The number of carbonyl (C=O) groups excluding carboxylic acids is 1. The minimum atomic E-state index is -0.888. The molecule has 0 spiro atoms. The Morgan fingerprint density at radius 1 is 1.09 bits per heavy atom. The van der Waals surface area contributed by atoms with Gasteiger partial charge in [-0.15, -0.1) is 0 Å². The Kier molecular flexibility index (Phi) is 5.01. The van der Waals surface area contributed by atoms with Gasteiger partial charge in [0.25, 0.3) is 5.91 Å². The molecule has 5 rings (SSSR count). The highest BCUT2D eigenvalue weighted by atomic mass is 16.3. The average Bonchev–Trinajstić information content (AvgIpc) is 3.25. The zero-order chi connectivity index (χ0) is 22.3. The summed E-state index contributed by atoms with van der Waals surface area (Å²) in [5.41, 5.74) is 1.30. The second-order valence-corrected chi connectivity index (χ2v) is 9.48. The van der Waals surface area contributed by atoms with Crippen LogP contribution in [0.4, 0.5) is 5.82 Å². The minimum absolute atomic E-state index is 0.00600. The maximum Gasteiger partial charge on any atom is 0.259 e. The summed E-state index contributed by atoms with van der Waals surface area (Å²) in [6.45, 7) is 5.27. The van der Waals surface area contributed by atoms with E-state index in [1.807, 2.05) is 58.1 Å². The average molecular weight is 432 g/mol. The number of aromatic nitrogens is 3. The number of anilines is 1. The minimum Gasteiger partial charge on any atom is -0.385 e. The van der Waals surface area contributed by atoms with E-state index >= 15 is 0 Å². The van der Waals surface area contributed by atoms with Gasteiger partial charge in [-0.2, -0.15) is 5.10 Å². The monoisotopic (exact) mass is 431 g/mol. The van der Waals surface area contributed by atoms with Crippen LogP contribution in [-0.4, -0.2) is 43.8 Å². The molecule has 1 amide bonds. The third kappa shape index (κ3) is 3.56. The molecule has 1 fully saturated rings. The van der Waals surface area contributed by atoms with Crippen LogP contribution in [0.2, 0.25) is 0 Å². The lowest BCUT2D eigenvalue weighted by Crippen LogP contribution is -2.45. The van der Waals surface area contributed by atoms with Crippen molar-refractivity contribution < 1.29 is 9.90 Å². The molecule has 1 atom stereocenters. The maximum atomic E-state index is 13.5. The van der Waals surface area contributed by atoms with Crippen LogP contribution in [0.5, 0.6) is 0 Å². The molecule has 0 saturated carbocycles. The SMILES string of the molecule is CC1(C)CC(c2ccccn2)Nc2c(C(=O)N3CCC(O)(c4ccccc4)CC3)cnn21. The lowest BCUT2D eigenvalue weighted by Gasteiger charge is -2.39. The Bertz CT molecular complexity index is 1100. The molecule has 2 N–H and O–H groups in total. The van der Waals surface area contributed by atoms with Gasteiger partial charge in [-0.25, -0.2) is 4.68 Å². The third-order valence-electron chi connectivity index (χ3n) is 6.82. The fraction of sp³-hybridized carbons (Fsp3) is 0.400. The smallest absolute Gasteiger partial charge is 0.259 e. The van der Waals surface area contributed by atoms with Crippen molar-refractivity contribution in [3.05, 3.63) is 77.7 Å². The van der Waals surface area contributed by atoms with Gasteiger partial charge in [0.05, 0.1) is 29.1 Å². The number of carbonyl (C=O) groups is 1. The Hall–Kier alpha value is -3.19. The number of piperidine rings is 1. The Morgan fingerprint density at radius 3 is 2.50 bits per heavy atom. The standard InChI is InChI=1S/C25H29N5O2/c1-24(2)16-21(20-10-6-7-13-26-20)28-22-19(17-27-30(22)24)23(31)29-14-11-25(32,12-15-29)18-8-4-3-5-9-18/h3-10,13,17,21,28,32H,11-12,14-16H2,1-2H3. The molecule has 2 aliphatic rings. The molecule has 2 aromatic heterocycles. The maximum absolute atomic E-state index is 13.5. The zero-order valence-corrected chi connectivity index (χ0v) is 18.5. The number of amides is 1. The first kappa shape index (κ1) is 20.7. The molecule has 1 unspecified atom stereocenters. The summed E-state index contributed by atoms with van der Waals surface area (Å²) >= 11 is 0. The van der Waals surface area contributed by atoms with Crippen molar-refractivity contribution in [3.8, 4) is 0 Å². The lowest BCUT2D eigenvalue weighted by molar-refractivity contribution is -0.0211. The Morgan fingerprint density at radius 2 is 1.81 bits per heavy atom. The van der Waals surface area contributed by atoms with Crippen LogP contribution in [0, 0.1) is 0 Å². The molecule has 32 heavy (non-hydrogen) atoms. The van der Waals surface area contributed by atoms with E-state index in [2.05, 4.69) is 29.2 Å².